The van der Waals surface area contributed by atoms with Crippen molar-refractivity contribution in [2.75, 3.05) is 0 Å². The largest absolute Gasteiger partial charge is 0.444 e. The molecule has 0 saturated heterocycles. The van der Waals surface area contributed by atoms with Gasteiger partial charge in [0.05, 0.1) is 10.4 Å². The van der Waals surface area contributed by atoms with Crippen LogP contribution in [0.5, 0.6) is 0 Å². The van der Waals surface area contributed by atoms with Crippen molar-refractivity contribution in [1.82, 2.24) is 15.5 Å². The molecular weight excluding hydrogens is 361 g/mol. The molecule has 3 aliphatic carbocycles. The lowest BCUT2D eigenvalue weighted by atomic mass is 9.39. The predicted octanol–water partition coefficient (Wildman–Crippen LogP) is 4.23. The maximum Gasteiger partial charge on any atom is 0.408 e. The summed E-state index contributed by atoms with van der Waals surface area (Å²) in [6.45, 7) is 5.49. The Labute approximate surface area is 155 Å². The van der Waals surface area contributed by atoms with E-state index in [4.69, 9.17) is 20.9 Å². The van der Waals surface area contributed by atoms with Gasteiger partial charge in [0, 0.05) is 11.1 Å². The number of ether oxygens (including phenoxy) is 1. The fourth-order valence-corrected chi connectivity index (χ4v) is 3.98. The van der Waals surface area contributed by atoms with Gasteiger partial charge in [-0.3, -0.25) is 0 Å². The Morgan fingerprint density at radius 1 is 1.35 bits per heavy atom. The van der Waals surface area contributed by atoms with E-state index >= 15 is 0 Å². The van der Waals surface area contributed by atoms with Crippen LogP contribution in [0.4, 0.5) is 9.18 Å². The first kappa shape index (κ1) is 17.3. The summed E-state index contributed by atoms with van der Waals surface area (Å²) < 4.78 is 24.3. The van der Waals surface area contributed by atoms with Crippen molar-refractivity contribution >= 4 is 17.7 Å². The van der Waals surface area contributed by atoms with Crippen molar-refractivity contribution < 1.29 is 18.4 Å². The molecule has 3 saturated carbocycles. The molecule has 6 nitrogen and oxygen atoms in total. The second kappa shape index (κ2) is 5.42. The summed E-state index contributed by atoms with van der Waals surface area (Å²) in [5.74, 6) is 0.326. The van der Waals surface area contributed by atoms with Crippen LogP contribution >= 0.6 is 11.6 Å². The van der Waals surface area contributed by atoms with Crippen LogP contribution in [-0.2, 0) is 10.2 Å². The third kappa shape index (κ3) is 2.84. The third-order valence-corrected chi connectivity index (χ3v) is 5.16. The highest BCUT2D eigenvalue weighted by Crippen LogP contribution is 2.67. The summed E-state index contributed by atoms with van der Waals surface area (Å²) in [5, 5.41) is 6.95. The standard InChI is InChI=1S/C18H19ClFN3O3/c1-16(2,3)25-15(24)22-18-7-17(8-18,9-18)14-21-13(23-26-14)10-4-5-11(19)12(20)6-10/h4-6H,7-9H2,1-3H3,(H,22,24). The molecule has 1 aromatic heterocycles. The minimum Gasteiger partial charge on any atom is -0.444 e. The molecule has 8 heteroatoms. The minimum absolute atomic E-state index is 0.0482. The van der Waals surface area contributed by atoms with E-state index in [9.17, 15) is 9.18 Å². The van der Waals surface area contributed by atoms with Gasteiger partial charge in [0.2, 0.25) is 11.7 Å². The van der Waals surface area contributed by atoms with E-state index in [-0.39, 0.29) is 16.0 Å². The van der Waals surface area contributed by atoms with E-state index in [0.29, 0.717) is 17.3 Å². The van der Waals surface area contributed by atoms with Gasteiger partial charge >= 0.3 is 6.09 Å². The lowest BCUT2D eigenvalue weighted by molar-refractivity contribution is -0.105. The quantitative estimate of drug-likeness (QED) is 0.863. The third-order valence-electron chi connectivity index (χ3n) is 4.85. The highest BCUT2D eigenvalue weighted by atomic mass is 35.5. The molecule has 0 spiro atoms. The van der Waals surface area contributed by atoms with Crippen LogP contribution < -0.4 is 5.32 Å². The molecule has 1 aromatic carbocycles. The van der Waals surface area contributed by atoms with E-state index in [1.165, 1.54) is 12.1 Å². The average Bonchev–Trinajstić information content (AvgIpc) is 2.92. The highest BCUT2D eigenvalue weighted by Gasteiger charge is 2.72. The zero-order valence-electron chi connectivity index (χ0n) is 14.7. The Morgan fingerprint density at radius 2 is 2.04 bits per heavy atom. The molecule has 138 valence electrons. The summed E-state index contributed by atoms with van der Waals surface area (Å²) in [6.07, 6.45) is 1.79. The molecule has 0 radical (unpaired) electrons. The second-order valence-electron chi connectivity index (χ2n) is 8.27. The molecule has 2 aromatic rings. The van der Waals surface area contributed by atoms with Crippen LogP contribution in [-0.4, -0.2) is 27.4 Å². The monoisotopic (exact) mass is 379 g/mol. The van der Waals surface area contributed by atoms with Crippen molar-refractivity contribution in [3.05, 3.63) is 34.9 Å². The van der Waals surface area contributed by atoms with Gasteiger partial charge in [-0.05, 0) is 58.2 Å². The summed E-state index contributed by atoms with van der Waals surface area (Å²) >= 11 is 5.70. The van der Waals surface area contributed by atoms with Crippen LogP contribution in [0.3, 0.4) is 0 Å². The van der Waals surface area contributed by atoms with E-state index in [0.717, 1.165) is 19.3 Å². The van der Waals surface area contributed by atoms with Crippen molar-refractivity contribution in [2.45, 2.75) is 56.6 Å². The van der Waals surface area contributed by atoms with Crippen molar-refractivity contribution in [3.8, 4) is 11.4 Å². The maximum absolute atomic E-state index is 13.6. The first-order valence-corrected chi connectivity index (χ1v) is 8.79. The fourth-order valence-electron chi connectivity index (χ4n) is 3.86. The highest BCUT2D eigenvalue weighted by molar-refractivity contribution is 6.30. The number of carbonyl (C=O) groups excluding carboxylic acids is 1. The van der Waals surface area contributed by atoms with Gasteiger partial charge < -0.3 is 14.6 Å². The van der Waals surface area contributed by atoms with Crippen LogP contribution in [0.25, 0.3) is 11.4 Å². The van der Waals surface area contributed by atoms with E-state index in [1.807, 2.05) is 20.8 Å². The zero-order valence-corrected chi connectivity index (χ0v) is 15.5. The fraction of sp³-hybridized carbons (Fsp3) is 0.500. The zero-order chi connectivity index (χ0) is 18.7. The van der Waals surface area contributed by atoms with Gasteiger partial charge in [-0.15, -0.1) is 0 Å². The summed E-state index contributed by atoms with van der Waals surface area (Å²) in [6, 6.07) is 4.39. The van der Waals surface area contributed by atoms with E-state index in [2.05, 4.69) is 15.5 Å². The Kier molecular flexibility index (Phi) is 3.60. The van der Waals surface area contributed by atoms with Crippen LogP contribution in [0.15, 0.2) is 22.7 Å². The topological polar surface area (TPSA) is 77.2 Å². The molecule has 1 N–H and O–H groups in total. The Morgan fingerprint density at radius 3 is 2.65 bits per heavy atom. The number of nitrogens with one attached hydrogen (secondary N) is 1. The molecule has 0 aliphatic heterocycles. The number of alkyl carbamates (subject to hydrolysis) is 1. The van der Waals surface area contributed by atoms with Gasteiger partial charge in [-0.25, -0.2) is 9.18 Å². The number of aromatic nitrogens is 2. The molecule has 1 heterocycles. The van der Waals surface area contributed by atoms with E-state index < -0.39 is 17.5 Å². The normalized spacial score (nSPS) is 26.7. The van der Waals surface area contributed by atoms with Gasteiger partial charge in [0.25, 0.3) is 0 Å². The van der Waals surface area contributed by atoms with Crippen molar-refractivity contribution in [3.63, 3.8) is 0 Å². The smallest absolute Gasteiger partial charge is 0.408 e. The number of hydrogen-bond acceptors (Lipinski definition) is 5. The van der Waals surface area contributed by atoms with Crippen LogP contribution in [0, 0.1) is 5.82 Å². The minimum atomic E-state index is -0.527. The average molecular weight is 380 g/mol. The van der Waals surface area contributed by atoms with E-state index in [1.54, 1.807) is 6.07 Å². The van der Waals surface area contributed by atoms with Gasteiger partial charge in [0.1, 0.15) is 11.4 Å². The number of nitrogens with zero attached hydrogens (tertiary/aromatic N) is 2. The van der Waals surface area contributed by atoms with Crippen molar-refractivity contribution in [2.24, 2.45) is 0 Å². The van der Waals surface area contributed by atoms with Crippen molar-refractivity contribution in [1.29, 1.82) is 0 Å². The van der Waals surface area contributed by atoms with Crippen LogP contribution in [0.2, 0.25) is 5.02 Å². The molecule has 2 bridgehead atoms. The Bertz CT molecular complexity index is 870. The Balaban J connectivity index is 1.42. The number of halogens is 2. The van der Waals surface area contributed by atoms with Gasteiger partial charge in [-0.1, -0.05) is 16.8 Å². The molecule has 5 rings (SSSR count). The predicted molar refractivity (Wildman–Crippen MR) is 92.3 cm³/mol. The number of hydrogen-bond donors (Lipinski definition) is 1. The van der Waals surface area contributed by atoms with Gasteiger partial charge in [-0.2, -0.15) is 4.98 Å². The summed E-state index contributed by atoms with van der Waals surface area (Å²) in [7, 11) is 0. The molecule has 26 heavy (non-hydrogen) atoms. The lowest BCUT2D eigenvalue weighted by Crippen LogP contribution is -2.77. The molecule has 0 unspecified atom stereocenters. The molecule has 1 amide bonds. The molecule has 3 aliphatic rings. The summed E-state index contributed by atoms with van der Waals surface area (Å²) in [5.41, 5.74) is -0.468. The lowest BCUT2D eigenvalue weighted by Gasteiger charge is -2.68. The first-order valence-electron chi connectivity index (χ1n) is 8.41. The van der Waals surface area contributed by atoms with Crippen LogP contribution in [0.1, 0.15) is 45.9 Å². The summed E-state index contributed by atoms with van der Waals surface area (Å²) in [4.78, 5) is 16.4. The maximum atomic E-state index is 13.6. The first-order chi connectivity index (χ1) is 12.1. The Hall–Kier alpha value is -2.15. The number of amides is 1. The number of benzene rings is 1. The molecular formula is C18H19ClFN3O3. The molecule has 3 fully saturated rings. The van der Waals surface area contributed by atoms with Gasteiger partial charge in [0.15, 0.2) is 0 Å². The molecule has 0 atom stereocenters. The SMILES string of the molecule is CC(C)(C)OC(=O)NC12CC(c3nc(-c4ccc(Cl)c(F)c4)no3)(C1)C2. The number of carbonyl (C=O) groups is 1. The number of rotatable bonds is 3. The second-order valence-corrected chi connectivity index (χ2v) is 8.68.